The molecule has 0 aromatic carbocycles. The Balaban J connectivity index is 4.63. The van der Waals surface area contributed by atoms with Crippen LogP contribution in [0.3, 0.4) is 0 Å². The Morgan fingerprint density at radius 3 is 2.03 bits per heavy atom. The van der Waals surface area contributed by atoms with Gasteiger partial charge in [-0.25, -0.2) is 0 Å². The van der Waals surface area contributed by atoms with Gasteiger partial charge in [-0.3, -0.25) is 9.59 Å². The minimum Gasteiger partial charge on any atom is -0.780 e. The van der Waals surface area contributed by atoms with Gasteiger partial charge in [0.15, 0.2) is 6.10 Å². The van der Waals surface area contributed by atoms with Gasteiger partial charge in [0.2, 0.25) is 0 Å². The van der Waals surface area contributed by atoms with E-state index in [0.717, 1.165) is 32.1 Å². The van der Waals surface area contributed by atoms with Crippen molar-refractivity contribution >= 4 is 30.5 Å². The van der Waals surface area contributed by atoms with Crippen LogP contribution < -0.4 is 4.89 Å². The Kier molecular flexibility index (Phi) is 15.8. The zero-order valence-corrected chi connectivity index (χ0v) is 20.9. The lowest BCUT2D eigenvalue weighted by atomic mass is 10.2. The molecule has 0 aliphatic heterocycles. The van der Waals surface area contributed by atoms with Gasteiger partial charge in [-0.05, 0) is 12.8 Å². The van der Waals surface area contributed by atoms with Crippen molar-refractivity contribution in [1.29, 1.82) is 0 Å². The molecule has 0 aliphatic rings. The number of esters is 2. The molecular formula is C20H40NO7PS. The number of nitrogens with zero attached hydrogens (tertiary/aromatic N) is 1. The van der Waals surface area contributed by atoms with Crippen LogP contribution in [0, 0.1) is 0 Å². The fraction of sp³-hybridized carbons (Fsp3) is 0.900. The third kappa shape index (κ3) is 18.2. The maximum absolute atomic E-state index is 12.3. The van der Waals surface area contributed by atoms with Gasteiger partial charge in [-0.2, -0.15) is 0 Å². The summed E-state index contributed by atoms with van der Waals surface area (Å²) in [6, 6.07) is 0. The first kappa shape index (κ1) is 29.4. The normalized spacial score (nSPS) is 14.7. The lowest BCUT2D eigenvalue weighted by Gasteiger charge is -2.31. The van der Waals surface area contributed by atoms with Crippen LogP contribution in [0.4, 0.5) is 0 Å². The van der Waals surface area contributed by atoms with Crippen molar-refractivity contribution in [3.05, 3.63) is 0 Å². The monoisotopic (exact) mass is 469 g/mol. The van der Waals surface area contributed by atoms with Crippen molar-refractivity contribution in [3.63, 3.8) is 0 Å². The van der Waals surface area contributed by atoms with E-state index >= 15 is 0 Å². The Labute approximate surface area is 187 Å². The second-order valence-corrected chi connectivity index (χ2v) is 11.1. The van der Waals surface area contributed by atoms with Gasteiger partial charge < -0.3 is 27.9 Å². The van der Waals surface area contributed by atoms with Crippen molar-refractivity contribution < 1.29 is 37.5 Å². The minimum absolute atomic E-state index is 0.168. The molecule has 0 aromatic heterocycles. The zero-order valence-electron chi connectivity index (χ0n) is 19.2. The molecule has 30 heavy (non-hydrogen) atoms. The number of rotatable bonds is 18. The second kappa shape index (κ2) is 16.1. The molecule has 0 heterocycles. The maximum Gasteiger partial charge on any atom is 0.306 e. The molecule has 1 unspecified atom stereocenters. The van der Waals surface area contributed by atoms with Crippen LogP contribution in [0.5, 0.6) is 0 Å². The number of likely N-dealkylation sites (N-methyl/N-ethyl adjacent to an activating group) is 1. The lowest BCUT2D eigenvalue weighted by molar-refractivity contribution is -0.870. The van der Waals surface area contributed by atoms with Gasteiger partial charge in [0, 0.05) is 12.8 Å². The topological polar surface area (TPSA) is 94.1 Å². The number of hydrogen-bond acceptors (Lipinski definition) is 8. The first-order valence-corrected chi connectivity index (χ1v) is 13.3. The summed E-state index contributed by atoms with van der Waals surface area (Å²) in [6.45, 7) is 0.720. The third-order valence-electron chi connectivity index (χ3n) is 4.13. The molecule has 178 valence electrons. The highest BCUT2D eigenvalue weighted by molar-refractivity contribution is 8.06. The fourth-order valence-corrected chi connectivity index (χ4v) is 3.43. The molecule has 0 rings (SSSR count). The number of carbonyl (C=O) groups excluding carboxylic acids is 2. The molecule has 0 aliphatic carbocycles. The van der Waals surface area contributed by atoms with E-state index in [9.17, 15) is 14.5 Å². The van der Waals surface area contributed by atoms with E-state index in [-0.39, 0.29) is 32.2 Å². The molecular weight excluding hydrogens is 429 g/mol. The molecule has 0 saturated carbocycles. The van der Waals surface area contributed by atoms with Crippen LogP contribution in [0.2, 0.25) is 0 Å². The molecule has 2 atom stereocenters. The van der Waals surface area contributed by atoms with Crippen LogP contribution in [-0.4, -0.2) is 70.0 Å². The van der Waals surface area contributed by atoms with E-state index in [1.807, 2.05) is 35.0 Å². The number of hydrogen-bond donors (Lipinski definition) is 0. The molecule has 0 saturated heterocycles. The van der Waals surface area contributed by atoms with Crippen molar-refractivity contribution in [2.75, 3.05) is 47.5 Å². The Hall–Kier alpha value is -0.570. The average molecular weight is 470 g/mol. The van der Waals surface area contributed by atoms with Crippen LogP contribution >= 0.6 is 6.72 Å². The molecule has 0 fully saturated rings. The quantitative estimate of drug-likeness (QED) is 0.131. The maximum atomic E-state index is 12.3. The number of unbranched alkanes of at least 4 members (excludes halogenated alkanes) is 4. The lowest BCUT2D eigenvalue weighted by Crippen LogP contribution is -2.37. The summed E-state index contributed by atoms with van der Waals surface area (Å²) in [4.78, 5) is 36.2. The minimum atomic E-state index is -3.73. The smallest absolute Gasteiger partial charge is 0.306 e. The fourth-order valence-electron chi connectivity index (χ4n) is 2.30. The standard InChI is InChI=1S/C20H40NO7PS/c1-6-8-10-12-19(22)25-16-18(28-20(23)13-11-9-7-2)17-27-29(24,30)26-15-14-21(3,4)5/h18H,6-17H2,1-5H3/t18-,29?/m1/s1. The van der Waals surface area contributed by atoms with Crippen LogP contribution in [0.1, 0.15) is 65.2 Å². The van der Waals surface area contributed by atoms with Gasteiger partial charge >= 0.3 is 11.9 Å². The highest BCUT2D eigenvalue weighted by Crippen LogP contribution is 2.38. The summed E-state index contributed by atoms with van der Waals surface area (Å²) in [5.74, 6) is -0.777. The van der Waals surface area contributed by atoms with Crippen molar-refractivity contribution in [2.45, 2.75) is 71.3 Å². The molecule has 0 bridgehead atoms. The zero-order chi connectivity index (χ0) is 23.0. The summed E-state index contributed by atoms with van der Waals surface area (Å²) in [5.41, 5.74) is 0. The molecule has 0 amide bonds. The molecule has 0 N–H and O–H groups in total. The third-order valence-corrected chi connectivity index (χ3v) is 5.72. The van der Waals surface area contributed by atoms with Crippen LogP contribution in [-0.2, 0) is 39.9 Å². The number of quaternary nitrogens is 1. The highest BCUT2D eigenvalue weighted by Gasteiger charge is 2.20. The molecule has 8 nitrogen and oxygen atoms in total. The van der Waals surface area contributed by atoms with E-state index in [0.29, 0.717) is 23.9 Å². The van der Waals surface area contributed by atoms with Crippen LogP contribution in [0.25, 0.3) is 0 Å². The number of carbonyl (C=O) groups is 2. The van der Waals surface area contributed by atoms with Gasteiger partial charge in [-0.1, -0.05) is 51.3 Å². The van der Waals surface area contributed by atoms with Crippen molar-refractivity contribution in [3.8, 4) is 0 Å². The predicted octanol–water partition coefficient (Wildman–Crippen LogP) is 2.93. The molecule has 0 aromatic rings. The summed E-state index contributed by atoms with van der Waals surface area (Å²) in [5, 5.41) is 0. The molecule has 10 heteroatoms. The van der Waals surface area contributed by atoms with E-state index < -0.39 is 18.8 Å². The van der Waals surface area contributed by atoms with E-state index in [4.69, 9.17) is 30.3 Å². The van der Waals surface area contributed by atoms with E-state index in [2.05, 4.69) is 0 Å². The Morgan fingerprint density at radius 2 is 1.50 bits per heavy atom. The van der Waals surface area contributed by atoms with Crippen molar-refractivity contribution in [1.82, 2.24) is 0 Å². The summed E-state index contributed by atoms with van der Waals surface area (Å²) in [7, 11) is 5.92. The summed E-state index contributed by atoms with van der Waals surface area (Å²) >= 11 is 4.91. The first-order valence-electron chi connectivity index (χ1n) is 10.7. The summed E-state index contributed by atoms with van der Waals surface area (Å²) in [6.07, 6.45) is 5.00. The van der Waals surface area contributed by atoms with Gasteiger partial charge in [0.25, 0.3) is 0 Å². The highest BCUT2D eigenvalue weighted by atomic mass is 32.5. The van der Waals surface area contributed by atoms with Gasteiger partial charge in [-0.15, -0.1) is 0 Å². The largest absolute Gasteiger partial charge is 0.780 e. The molecule has 0 spiro atoms. The SMILES string of the molecule is CCCCCC(=O)OC[C@H](COP([O-])(=S)OCC[N+](C)(C)C)OC(=O)CCCCC. The first-order chi connectivity index (χ1) is 14.0. The van der Waals surface area contributed by atoms with E-state index in [1.54, 1.807) is 0 Å². The van der Waals surface area contributed by atoms with E-state index in [1.165, 1.54) is 0 Å². The average Bonchev–Trinajstić information content (AvgIpc) is 2.63. The van der Waals surface area contributed by atoms with Crippen LogP contribution in [0.15, 0.2) is 0 Å². The Bertz CT molecular complexity index is 540. The second-order valence-electron chi connectivity index (χ2n) is 8.30. The Morgan fingerprint density at radius 1 is 0.933 bits per heavy atom. The van der Waals surface area contributed by atoms with Crippen molar-refractivity contribution in [2.24, 2.45) is 0 Å². The predicted molar refractivity (Wildman–Crippen MR) is 118 cm³/mol. The van der Waals surface area contributed by atoms with Gasteiger partial charge in [0.1, 0.15) is 26.5 Å². The number of ether oxygens (including phenoxy) is 2. The van der Waals surface area contributed by atoms with Gasteiger partial charge in [0.05, 0.1) is 27.7 Å². The summed E-state index contributed by atoms with van der Waals surface area (Å²) < 4.78 is 21.6. The molecule has 0 radical (unpaired) electrons.